The van der Waals surface area contributed by atoms with Crippen molar-refractivity contribution in [3.05, 3.63) is 28.2 Å². The Bertz CT molecular complexity index is 474. The number of alkyl halides is 1. The lowest BCUT2D eigenvalue weighted by molar-refractivity contribution is 0.165. The van der Waals surface area contributed by atoms with Crippen LogP contribution in [0.3, 0.4) is 0 Å². The molecule has 0 bridgehead atoms. The van der Waals surface area contributed by atoms with E-state index in [2.05, 4.69) is 0 Å². The Kier molecular flexibility index (Phi) is 6.03. The molecule has 3 nitrogen and oxygen atoms in total. The van der Waals surface area contributed by atoms with Gasteiger partial charge in [0.05, 0.1) is 33.9 Å². The Morgan fingerprint density at radius 2 is 1.82 bits per heavy atom. The van der Waals surface area contributed by atoms with E-state index in [-0.39, 0.29) is 22.3 Å². The monoisotopic (exact) mass is 316 g/mol. The van der Waals surface area contributed by atoms with Crippen LogP contribution in [0, 0.1) is 0 Å². The van der Waals surface area contributed by atoms with Gasteiger partial charge in [0.1, 0.15) is 0 Å². The van der Waals surface area contributed by atoms with Crippen molar-refractivity contribution in [2.24, 2.45) is 0 Å². The summed E-state index contributed by atoms with van der Waals surface area (Å²) in [7, 11) is -3.39. The molecule has 1 aromatic rings. The molecule has 0 saturated heterocycles. The highest BCUT2D eigenvalue weighted by molar-refractivity contribution is 7.91. The normalized spacial score (nSPS) is 11.7. The van der Waals surface area contributed by atoms with Gasteiger partial charge in [-0.2, -0.15) is 0 Å². The smallest absolute Gasteiger partial charge is 0.180 e. The second-order valence-electron chi connectivity index (χ2n) is 3.20. The topological polar surface area (TPSA) is 43.4 Å². The number of sulfone groups is 1. The first kappa shape index (κ1) is 15.1. The van der Waals surface area contributed by atoms with Crippen molar-refractivity contribution >= 4 is 44.6 Å². The fraction of sp³-hybridized carbons (Fsp3) is 0.400. The Balaban J connectivity index is 2.72. The molecule has 17 heavy (non-hydrogen) atoms. The first-order valence-corrected chi connectivity index (χ1v) is 7.73. The molecule has 0 aliphatic heterocycles. The molecule has 96 valence electrons. The molecular formula is C10H11Cl3O3S. The third kappa shape index (κ3) is 4.64. The average molecular weight is 318 g/mol. The molecule has 0 spiro atoms. The Hall–Kier alpha value is -0.000000000000000111. The van der Waals surface area contributed by atoms with Crippen molar-refractivity contribution in [3.8, 4) is 0 Å². The number of rotatable bonds is 6. The van der Waals surface area contributed by atoms with Crippen LogP contribution in [0.4, 0.5) is 0 Å². The first-order chi connectivity index (χ1) is 7.97. The largest absolute Gasteiger partial charge is 0.379 e. The van der Waals surface area contributed by atoms with Crippen LogP contribution in [0.2, 0.25) is 10.0 Å². The summed E-state index contributed by atoms with van der Waals surface area (Å²) in [6, 6.07) is 4.21. The van der Waals surface area contributed by atoms with Gasteiger partial charge in [0.2, 0.25) is 0 Å². The van der Waals surface area contributed by atoms with Crippen LogP contribution in [0.1, 0.15) is 0 Å². The SMILES string of the molecule is O=S(=O)(CCOCCCl)c1ccc(Cl)c(Cl)c1. The van der Waals surface area contributed by atoms with Crippen molar-refractivity contribution < 1.29 is 13.2 Å². The zero-order chi connectivity index (χ0) is 12.9. The van der Waals surface area contributed by atoms with Crippen LogP contribution in [0.15, 0.2) is 23.1 Å². The van der Waals surface area contributed by atoms with E-state index in [0.717, 1.165) is 0 Å². The lowest BCUT2D eigenvalue weighted by atomic mass is 10.4. The van der Waals surface area contributed by atoms with Gasteiger partial charge in [-0.3, -0.25) is 0 Å². The maximum atomic E-state index is 11.8. The lowest BCUT2D eigenvalue weighted by Crippen LogP contribution is -2.13. The summed E-state index contributed by atoms with van der Waals surface area (Å²) in [5.74, 6) is 0.231. The molecule has 0 aliphatic carbocycles. The number of hydrogen-bond donors (Lipinski definition) is 0. The van der Waals surface area contributed by atoms with Crippen LogP contribution in [-0.4, -0.2) is 33.3 Å². The minimum Gasteiger partial charge on any atom is -0.379 e. The van der Waals surface area contributed by atoms with Crippen LogP contribution in [0.25, 0.3) is 0 Å². The fourth-order valence-electron chi connectivity index (χ4n) is 1.11. The highest BCUT2D eigenvalue weighted by atomic mass is 35.5. The highest BCUT2D eigenvalue weighted by Gasteiger charge is 2.15. The minimum absolute atomic E-state index is 0.106. The van der Waals surface area contributed by atoms with E-state index in [1.165, 1.54) is 18.2 Å². The molecule has 0 aromatic heterocycles. The third-order valence-electron chi connectivity index (χ3n) is 1.97. The zero-order valence-corrected chi connectivity index (χ0v) is 11.9. The first-order valence-electron chi connectivity index (χ1n) is 4.79. The van der Waals surface area contributed by atoms with Crippen LogP contribution in [0.5, 0.6) is 0 Å². The summed E-state index contributed by atoms with van der Waals surface area (Å²) < 4.78 is 28.7. The van der Waals surface area contributed by atoms with Gasteiger partial charge >= 0.3 is 0 Å². The molecule has 0 aliphatic rings. The molecule has 0 saturated carbocycles. The predicted molar refractivity (Wildman–Crippen MR) is 70.1 cm³/mol. The van der Waals surface area contributed by atoms with E-state index in [9.17, 15) is 8.42 Å². The average Bonchev–Trinajstić information content (AvgIpc) is 2.28. The minimum atomic E-state index is -3.39. The summed E-state index contributed by atoms with van der Waals surface area (Å²) in [4.78, 5) is 0.140. The molecule has 0 unspecified atom stereocenters. The fourth-order valence-corrected chi connectivity index (χ4v) is 2.73. The molecule has 0 fully saturated rings. The Morgan fingerprint density at radius 1 is 1.12 bits per heavy atom. The number of halogens is 3. The van der Waals surface area contributed by atoms with E-state index in [0.29, 0.717) is 17.5 Å². The van der Waals surface area contributed by atoms with E-state index in [4.69, 9.17) is 39.5 Å². The van der Waals surface area contributed by atoms with Crippen molar-refractivity contribution in [2.75, 3.05) is 24.8 Å². The van der Waals surface area contributed by atoms with Gasteiger partial charge in [0.25, 0.3) is 0 Å². The van der Waals surface area contributed by atoms with Crippen molar-refractivity contribution in [3.63, 3.8) is 0 Å². The maximum absolute atomic E-state index is 11.8. The van der Waals surface area contributed by atoms with Gasteiger partial charge in [-0.15, -0.1) is 11.6 Å². The number of benzene rings is 1. The Labute approximate surface area is 116 Å². The van der Waals surface area contributed by atoms with Gasteiger partial charge in [-0.05, 0) is 18.2 Å². The summed E-state index contributed by atoms with van der Waals surface area (Å²) in [5.41, 5.74) is 0. The van der Waals surface area contributed by atoms with Crippen LogP contribution >= 0.6 is 34.8 Å². The van der Waals surface area contributed by atoms with Gasteiger partial charge in [-0.1, -0.05) is 23.2 Å². The third-order valence-corrected chi connectivity index (χ3v) is 4.54. The van der Waals surface area contributed by atoms with E-state index < -0.39 is 9.84 Å². The van der Waals surface area contributed by atoms with E-state index in [1.54, 1.807) is 0 Å². The molecule has 0 N–H and O–H groups in total. The number of ether oxygens (including phenoxy) is 1. The number of hydrogen-bond acceptors (Lipinski definition) is 3. The molecule has 1 rings (SSSR count). The molecule has 0 heterocycles. The van der Waals surface area contributed by atoms with Gasteiger partial charge in [0.15, 0.2) is 9.84 Å². The molecule has 0 amide bonds. The molecule has 1 aromatic carbocycles. The second-order valence-corrected chi connectivity index (χ2v) is 6.50. The van der Waals surface area contributed by atoms with E-state index in [1.807, 2.05) is 0 Å². The lowest BCUT2D eigenvalue weighted by Gasteiger charge is -2.06. The van der Waals surface area contributed by atoms with Crippen molar-refractivity contribution in [1.29, 1.82) is 0 Å². The van der Waals surface area contributed by atoms with Crippen LogP contribution in [-0.2, 0) is 14.6 Å². The van der Waals surface area contributed by atoms with Gasteiger partial charge < -0.3 is 4.74 Å². The molecule has 7 heteroatoms. The summed E-state index contributed by atoms with van der Waals surface area (Å²) in [6.07, 6.45) is 0. The van der Waals surface area contributed by atoms with Crippen molar-refractivity contribution in [2.45, 2.75) is 4.90 Å². The quantitative estimate of drug-likeness (QED) is 0.598. The predicted octanol–water partition coefficient (Wildman–Crippen LogP) is 3.02. The summed E-state index contributed by atoms with van der Waals surface area (Å²) >= 11 is 16.9. The zero-order valence-electron chi connectivity index (χ0n) is 8.83. The second kappa shape index (κ2) is 6.81. The van der Waals surface area contributed by atoms with Gasteiger partial charge in [0, 0.05) is 5.88 Å². The van der Waals surface area contributed by atoms with Crippen LogP contribution < -0.4 is 0 Å². The van der Waals surface area contributed by atoms with E-state index >= 15 is 0 Å². The summed E-state index contributed by atoms with van der Waals surface area (Å²) in [6.45, 7) is 0.438. The molecular weight excluding hydrogens is 307 g/mol. The molecule has 0 radical (unpaired) electrons. The van der Waals surface area contributed by atoms with Gasteiger partial charge in [-0.25, -0.2) is 8.42 Å². The molecule has 0 atom stereocenters. The highest BCUT2D eigenvalue weighted by Crippen LogP contribution is 2.25. The maximum Gasteiger partial charge on any atom is 0.180 e. The Morgan fingerprint density at radius 3 is 2.41 bits per heavy atom. The van der Waals surface area contributed by atoms with Crippen molar-refractivity contribution in [1.82, 2.24) is 0 Å². The standard InChI is InChI=1S/C10H11Cl3O3S/c11-3-4-16-5-6-17(14,15)8-1-2-9(12)10(13)7-8/h1-2,7H,3-6H2. The summed E-state index contributed by atoms with van der Waals surface area (Å²) in [5, 5.41) is 0.540.